The molecule has 1 amide bonds. The normalized spacial score (nSPS) is 17.9. The maximum Gasteiger partial charge on any atom is 0.252 e. The highest BCUT2D eigenvalue weighted by Gasteiger charge is 2.32. The van der Waals surface area contributed by atoms with Crippen molar-refractivity contribution in [3.05, 3.63) is 76.7 Å². The molecule has 1 unspecified atom stereocenters. The average Bonchev–Trinajstić information content (AvgIpc) is 3.76. The fraction of sp³-hybridized carbons (Fsp3) is 0.448. The van der Waals surface area contributed by atoms with Gasteiger partial charge in [-0.15, -0.1) is 0 Å². The van der Waals surface area contributed by atoms with Gasteiger partial charge in [0.05, 0.1) is 6.04 Å². The van der Waals surface area contributed by atoms with Crippen molar-refractivity contribution in [3.63, 3.8) is 0 Å². The Morgan fingerprint density at radius 3 is 2.46 bits per heavy atom. The number of piperazine rings is 1. The molecule has 0 bridgehead atoms. The number of carbonyl (C=O) groups is 1. The van der Waals surface area contributed by atoms with Crippen LogP contribution in [0.5, 0.6) is 0 Å². The van der Waals surface area contributed by atoms with Gasteiger partial charge in [-0.25, -0.2) is 4.98 Å². The lowest BCUT2D eigenvalue weighted by molar-refractivity contribution is -0.128. The van der Waals surface area contributed by atoms with Gasteiger partial charge in [0.1, 0.15) is 5.65 Å². The Labute approximate surface area is 218 Å². The molecule has 37 heavy (non-hydrogen) atoms. The van der Waals surface area contributed by atoms with Crippen molar-refractivity contribution in [2.24, 2.45) is 5.92 Å². The van der Waals surface area contributed by atoms with Crippen LogP contribution in [-0.4, -0.2) is 56.4 Å². The number of anilines is 1. The van der Waals surface area contributed by atoms with Crippen molar-refractivity contribution in [1.82, 2.24) is 24.3 Å². The first kappa shape index (κ1) is 25.1. The molecule has 1 aromatic carbocycles. The molecule has 0 spiro atoms. The number of nitrogens with one attached hydrogen (secondary N) is 1. The summed E-state index contributed by atoms with van der Waals surface area (Å²) < 4.78 is 1.66. The number of hydrogen-bond donors (Lipinski definition) is 1. The van der Waals surface area contributed by atoms with E-state index in [9.17, 15) is 9.59 Å². The summed E-state index contributed by atoms with van der Waals surface area (Å²) in [6.07, 6.45) is 6.99. The van der Waals surface area contributed by atoms with Gasteiger partial charge in [0.2, 0.25) is 11.9 Å². The summed E-state index contributed by atoms with van der Waals surface area (Å²) in [6, 6.07) is 12.6. The molecular formula is C29H36N6O2. The predicted molar refractivity (Wildman–Crippen MR) is 146 cm³/mol. The van der Waals surface area contributed by atoms with Gasteiger partial charge in [0.25, 0.3) is 5.56 Å². The smallest absolute Gasteiger partial charge is 0.252 e. The highest BCUT2D eigenvalue weighted by molar-refractivity contribution is 5.87. The Morgan fingerprint density at radius 1 is 1.11 bits per heavy atom. The minimum absolute atomic E-state index is 0.00681. The molecule has 8 heteroatoms. The molecule has 0 radical (unpaired) electrons. The molecule has 8 nitrogen and oxygen atoms in total. The van der Waals surface area contributed by atoms with Crippen LogP contribution in [0.4, 0.5) is 5.95 Å². The third-order valence-corrected chi connectivity index (χ3v) is 7.70. The SMILES string of the molecule is C=CC(=O)N1CCN(C(CC2CC2)c2ccc([C@H](C)Nc3ncc4ccc(=O)n(CC)c4n3)cc2)CC1. The topological polar surface area (TPSA) is 83.4 Å². The second-order valence-corrected chi connectivity index (χ2v) is 10.2. The van der Waals surface area contributed by atoms with Crippen molar-refractivity contribution in [2.45, 2.75) is 51.7 Å². The first-order valence-corrected chi connectivity index (χ1v) is 13.3. The van der Waals surface area contributed by atoms with Crippen LogP contribution in [-0.2, 0) is 11.3 Å². The number of pyridine rings is 1. The van der Waals surface area contributed by atoms with E-state index in [1.807, 2.05) is 11.8 Å². The summed E-state index contributed by atoms with van der Waals surface area (Å²) in [5, 5.41) is 4.25. The molecule has 1 N–H and O–H groups in total. The molecule has 2 aromatic heterocycles. The molecule has 2 aliphatic rings. The van der Waals surface area contributed by atoms with Crippen LogP contribution in [0, 0.1) is 5.92 Å². The van der Waals surface area contributed by atoms with Crippen LogP contribution in [0.15, 0.2) is 60.0 Å². The zero-order valence-electron chi connectivity index (χ0n) is 21.8. The fourth-order valence-corrected chi connectivity index (χ4v) is 5.28. The molecular weight excluding hydrogens is 464 g/mol. The molecule has 2 atom stereocenters. The first-order chi connectivity index (χ1) is 18.0. The Bertz CT molecular complexity index is 1320. The summed E-state index contributed by atoms with van der Waals surface area (Å²) in [5.74, 6) is 1.34. The van der Waals surface area contributed by atoms with Gasteiger partial charge in [0.15, 0.2) is 0 Å². The van der Waals surface area contributed by atoms with Crippen molar-refractivity contribution in [2.75, 3.05) is 31.5 Å². The average molecular weight is 501 g/mol. The van der Waals surface area contributed by atoms with Crippen molar-refractivity contribution >= 4 is 22.9 Å². The van der Waals surface area contributed by atoms with E-state index in [2.05, 4.69) is 58.0 Å². The van der Waals surface area contributed by atoms with E-state index in [1.165, 1.54) is 30.9 Å². The number of aromatic nitrogens is 3. The zero-order valence-corrected chi connectivity index (χ0v) is 21.8. The van der Waals surface area contributed by atoms with Crippen LogP contribution in [0.25, 0.3) is 11.0 Å². The van der Waals surface area contributed by atoms with Crippen LogP contribution in [0.1, 0.15) is 56.3 Å². The number of fused-ring (bicyclic) bond motifs is 1. The fourth-order valence-electron chi connectivity index (χ4n) is 5.28. The third-order valence-electron chi connectivity index (χ3n) is 7.70. The second-order valence-electron chi connectivity index (χ2n) is 10.2. The minimum Gasteiger partial charge on any atom is -0.348 e. The maximum atomic E-state index is 12.2. The standard InChI is InChI=1S/C29H36N6O2/c1-4-26(36)34-16-14-33(15-17-34)25(18-21-6-7-21)23-10-8-22(9-11-23)20(3)31-29-30-19-24-12-13-27(37)35(5-2)28(24)32-29/h4,8-13,19-21,25H,1,5-7,14-18H2,2-3H3,(H,30,31,32)/t20-,25?/m0/s1. The summed E-state index contributed by atoms with van der Waals surface area (Å²) in [6.45, 7) is 11.5. The van der Waals surface area contributed by atoms with Crippen LogP contribution in [0.2, 0.25) is 0 Å². The van der Waals surface area contributed by atoms with Gasteiger partial charge in [-0.3, -0.25) is 19.1 Å². The van der Waals surface area contributed by atoms with E-state index in [0.29, 0.717) is 24.2 Å². The highest BCUT2D eigenvalue weighted by Crippen LogP contribution is 2.40. The summed E-state index contributed by atoms with van der Waals surface area (Å²) >= 11 is 0. The second kappa shape index (κ2) is 10.8. The monoisotopic (exact) mass is 500 g/mol. The number of nitrogens with zero attached hydrogens (tertiary/aromatic N) is 5. The third kappa shape index (κ3) is 5.59. The number of carbonyl (C=O) groups excluding carboxylic acids is 1. The summed E-state index contributed by atoms with van der Waals surface area (Å²) in [5.41, 5.74) is 3.07. The molecule has 1 saturated heterocycles. The number of benzene rings is 1. The lowest BCUT2D eigenvalue weighted by atomic mass is 9.96. The van der Waals surface area contributed by atoms with Crippen molar-refractivity contribution in [3.8, 4) is 0 Å². The summed E-state index contributed by atoms with van der Waals surface area (Å²) in [7, 11) is 0. The van der Waals surface area contributed by atoms with E-state index in [1.54, 1.807) is 22.9 Å². The Kier molecular flexibility index (Phi) is 7.37. The zero-order chi connectivity index (χ0) is 25.9. The summed E-state index contributed by atoms with van der Waals surface area (Å²) in [4.78, 5) is 37.8. The van der Waals surface area contributed by atoms with E-state index in [-0.39, 0.29) is 17.5 Å². The van der Waals surface area contributed by atoms with Gasteiger partial charge in [-0.2, -0.15) is 4.98 Å². The van der Waals surface area contributed by atoms with Gasteiger partial charge < -0.3 is 10.2 Å². The van der Waals surface area contributed by atoms with Crippen molar-refractivity contribution < 1.29 is 4.79 Å². The molecule has 1 aliphatic carbocycles. The molecule has 3 aromatic rings. The number of aryl methyl sites for hydroxylation is 1. The van der Waals surface area contributed by atoms with E-state index < -0.39 is 0 Å². The molecule has 2 fully saturated rings. The van der Waals surface area contributed by atoms with Gasteiger partial charge >= 0.3 is 0 Å². The first-order valence-electron chi connectivity index (χ1n) is 13.3. The van der Waals surface area contributed by atoms with Gasteiger partial charge in [-0.05, 0) is 49.5 Å². The maximum absolute atomic E-state index is 12.2. The van der Waals surface area contributed by atoms with E-state index >= 15 is 0 Å². The molecule has 1 aliphatic heterocycles. The molecule has 194 valence electrons. The Morgan fingerprint density at radius 2 is 1.81 bits per heavy atom. The van der Waals surface area contributed by atoms with E-state index in [4.69, 9.17) is 0 Å². The lowest BCUT2D eigenvalue weighted by Gasteiger charge is -2.39. The lowest BCUT2D eigenvalue weighted by Crippen LogP contribution is -2.49. The van der Waals surface area contributed by atoms with Crippen LogP contribution >= 0.6 is 0 Å². The highest BCUT2D eigenvalue weighted by atomic mass is 16.2. The number of hydrogen-bond acceptors (Lipinski definition) is 6. The number of amides is 1. The number of rotatable bonds is 9. The van der Waals surface area contributed by atoms with Crippen LogP contribution < -0.4 is 10.9 Å². The predicted octanol–water partition coefficient (Wildman–Crippen LogP) is 4.16. The van der Waals surface area contributed by atoms with Crippen LogP contribution in [0.3, 0.4) is 0 Å². The van der Waals surface area contributed by atoms with Crippen molar-refractivity contribution in [1.29, 1.82) is 0 Å². The minimum atomic E-state index is -0.0576. The molecule has 3 heterocycles. The largest absolute Gasteiger partial charge is 0.348 e. The van der Waals surface area contributed by atoms with Gasteiger partial charge in [-0.1, -0.05) is 43.7 Å². The van der Waals surface area contributed by atoms with Gasteiger partial charge in [0, 0.05) is 56.4 Å². The molecule has 5 rings (SSSR count). The molecule has 1 saturated carbocycles. The Balaban J connectivity index is 1.29. The quantitative estimate of drug-likeness (QED) is 0.445. The Hall–Kier alpha value is -3.52. The van der Waals surface area contributed by atoms with E-state index in [0.717, 1.165) is 43.0 Å².